The molecule has 0 fully saturated rings. The van der Waals surface area contributed by atoms with Crippen LogP contribution in [0.15, 0.2) is 48.5 Å². The molecule has 0 aliphatic heterocycles. The van der Waals surface area contributed by atoms with Crippen LogP contribution in [0.4, 0.5) is 15.1 Å². The van der Waals surface area contributed by atoms with Gasteiger partial charge in [-0.05, 0) is 43.2 Å². The quantitative estimate of drug-likeness (QED) is 0.663. The van der Waals surface area contributed by atoms with Gasteiger partial charge in [-0.15, -0.1) is 11.3 Å². The van der Waals surface area contributed by atoms with E-state index in [-0.39, 0.29) is 22.0 Å². The molecule has 0 aliphatic rings. The monoisotopic (exact) mass is 393 g/mol. The van der Waals surface area contributed by atoms with Gasteiger partial charge < -0.3 is 10.6 Å². The number of amides is 2. The van der Waals surface area contributed by atoms with Gasteiger partial charge in [0.2, 0.25) is 0 Å². The van der Waals surface area contributed by atoms with Crippen LogP contribution in [-0.2, 0) is 0 Å². The Balaban J connectivity index is 1.89. The van der Waals surface area contributed by atoms with Crippen LogP contribution in [0.3, 0.4) is 0 Å². The molecule has 0 spiro atoms. The van der Waals surface area contributed by atoms with E-state index < -0.39 is 11.7 Å². The van der Waals surface area contributed by atoms with Gasteiger partial charge in [-0.2, -0.15) is 5.26 Å². The summed E-state index contributed by atoms with van der Waals surface area (Å²) in [4.78, 5) is 25.4. The highest BCUT2D eigenvalue weighted by molar-refractivity contribution is 7.18. The summed E-state index contributed by atoms with van der Waals surface area (Å²) in [6.07, 6.45) is 0. The number of hydrogen-bond donors (Lipinski definition) is 2. The molecule has 3 aromatic rings. The molecule has 0 bridgehead atoms. The summed E-state index contributed by atoms with van der Waals surface area (Å²) in [5.41, 5.74) is 2.07. The van der Waals surface area contributed by atoms with Gasteiger partial charge in [-0.25, -0.2) is 4.39 Å². The zero-order valence-electron chi connectivity index (χ0n) is 15.2. The normalized spacial score (nSPS) is 10.2. The number of nitriles is 1. The van der Waals surface area contributed by atoms with E-state index in [1.54, 1.807) is 19.1 Å². The number of carbonyl (C=O) groups is 2. The maximum Gasteiger partial charge on any atom is 0.266 e. The molecule has 0 radical (unpaired) electrons. The van der Waals surface area contributed by atoms with Crippen molar-refractivity contribution in [3.63, 3.8) is 0 Å². The van der Waals surface area contributed by atoms with Gasteiger partial charge in [0.1, 0.15) is 16.9 Å². The summed E-state index contributed by atoms with van der Waals surface area (Å²) < 4.78 is 13.8. The topological polar surface area (TPSA) is 82.0 Å². The fourth-order valence-corrected chi connectivity index (χ4v) is 3.71. The second-order valence-electron chi connectivity index (χ2n) is 6.08. The number of thiophene rings is 1. The van der Waals surface area contributed by atoms with Crippen LogP contribution in [0.2, 0.25) is 0 Å². The van der Waals surface area contributed by atoms with Gasteiger partial charge in [0.25, 0.3) is 11.8 Å². The summed E-state index contributed by atoms with van der Waals surface area (Å²) in [7, 11) is 0. The molecule has 5 nitrogen and oxygen atoms in total. The SMILES string of the molecule is Cc1ccccc1NC(=O)c1sc(NC(=O)c2ccccc2F)c(C#N)c1C. The van der Waals surface area contributed by atoms with Gasteiger partial charge in [0.15, 0.2) is 0 Å². The lowest BCUT2D eigenvalue weighted by molar-refractivity contribution is 0.101. The lowest BCUT2D eigenvalue weighted by atomic mass is 10.1. The number of nitrogens with one attached hydrogen (secondary N) is 2. The third kappa shape index (κ3) is 3.77. The van der Waals surface area contributed by atoms with E-state index in [1.165, 1.54) is 18.2 Å². The van der Waals surface area contributed by atoms with Crippen LogP contribution in [0.1, 0.15) is 36.7 Å². The van der Waals surface area contributed by atoms with Crippen LogP contribution in [-0.4, -0.2) is 11.8 Å². The molecule has 3 rings (SSSR count). The summed E-state index contributed by atoms with van der Waals surface area (Å²) in [6.45, 7) is 3.51. The summed E-state index contributed by atoms with van der Waals surface area (Å²) >= 11 is 0.984. The molecular formula is C21H16FN3O2S. The molecule has 1 aromatic heterocycles. The molecule has 28 heavy (non-hydrogen) atoms. The Bertz CT molecular complexity index is 1120. The van der Waals surface area contributed by atoms with Crippen molar-refractivity contribution >= 4 is 33.8 Å². The number of halogens is 1. The predicted octanol–water partition coefficient (Wildman–Crippen LogP) is 4.88. The highest BCUT2D eigenvalue weighted by atomic mass is 32.1. The molecule has 0 atom stereocenters. The van der Waals surface area contributed by atoms with E-state index in [4.69, 9.17) is 0 Å². The fourth-order valence-electron chi connectivity index (χ4n) is 2.66. The first kappa shape index (κ1) is 19.3. The zero-order valence-corrected chi connectivity index (χ0v) is 16.0. The van der Waals surface area contributed by atoms with Crippen molar-refractivity contribution < 1.29 is 14.0 Å². The minimum atomic E-state index is -0.679. The maximum atomic E-state index is 13.8. The van der Waals surface area contributed by atoms with Crippen molar-refractivity contribution in [1.29, 1.82) is 5.26 Å². The second-order valence-corrected chi connectivity index (χ2v) is 7.10. The lowest BCUT2D eigenvalue weighted by Gasteiger charge is -2.07. The zero-order chi connectivity index (χ0) is 20.3. The molecule has 0 saturated carbocycles. The average molecular weight is 393 g/mol. The number of nitrogens with zero attached hydrogens (tertiary/aromatic N) is 1. The number of aryl methyl sites for hydroxylation is 1. The molecule has 2 amide bonds. The van der Waals surface area contributed by atoms with Gasteiger partial charge in [0.05, 0.1) is 16.0 Å². The van der Waals surface area contributed by atoms with Crippen molar-refractivity contribution in [2.24, 2.45) is 0 Å². The maximum absolute atomic E-state index is 13.8. The van der Waals surface area contributed by atoms with Crippen LogP contribution >= 0.6 is 11.3 Å². The smallest absolute Gasteiger partial charge is 0.266 e. The van der Waals surface area contributed by atoms with Crippen molar-refractivity contribution in [3.05, 3.63) is 81.5 Å². The fraction of sp³-hybridized carbons (Fsp3) is 0.0952. The number of para-hydroxylation sites is 1. The largest absolute Gasteiger partial charge is 0.321 e. The molecule has 2 N–H and O–H groups in total. The Hall–Kier alpha value is -3.50. The van der Waals surface area contributed by atoms with Crippen LogP contribution in [0.5, 0.6) is 0 Å². The molecule has 1 heterocycles. The number of carbonyl (C=O) groups excluding carboxylic acids is 2. The minimum absolute atomic E-state index is 0.136. The molecule has 140 valence electrons. The summed E-state index contributed by atoms with van der Waals surface area (Å²) in [6, 6.07) is 14.9. The second kappa shape index (κ2) is 8.03. The molecule has 0 saturated heterocycles. The van der Waals surface area contributed by atoms with E-state index in [9.17, 15) is 19.2 Å². The first-order valence-corrected chi connectivity index (χ1v) is 9.20. The third-order valence-electron chi connectivity index (χ3n) is 4.20. The third-order valence-corrected chi connectivity index (χ3v) is 5.41. The highest BCUT2D eigenvalue weighted by Crippen LogP contribution is 2.33. The van der Waals surface area contributed by atoms with Crippen LogP contribution in [0, 0.1) is 31.0 Å². The molecule has 2 aromatic carbocycles. The van der Waals surface area contributed by atoms with E-state index in [2.05, 4.69) is 10.6 Å². The summed E-state index contributed by atoms with van der Waals surface area (Å²) in [5, 5.41) is 15.0. The van der Waals surface area contributed by atoms with Gasteiger partial charge >= 0.3 is 0 Å². The van der Waals surface area contributed by atoms with Crippen LogP contribution in [0.25, 0.3) is 0 Å². The molecule has 7 heteroatoms. The Morgan fingerprint density at radius 2 is 1.68 bits per heavy atom. The summed E-state index contributed by atoms with van der Waals surface area (Å²) in [5.74, 6) is -1.72. The van der Waals surface area contributed by atoms with Gasteiger partial charge in [0, 0.05) is 5.69 Å². The van der Waals surface area contributed by atoms with E-state index in [0.29, 0.717) is 16.1 Å². The van der Waals surface area contributed by atoms with Crippen molar-refractivity contribution in [1.82, 2.24) is 0 Å². The average Bonchev–Trinajstić information content (AvgIpc) is 2.99. The Morgan fingerprint density at radius 3 is 2.36 bits per heavy atom. The van der Waals surface area contributed by atoms with Gasteiger partial charge in [-0.1, -0.05) is 30.3 Å². The van der Waals surface area contributed by atoms with E-state index >= 15 is 0 Å². The van der Waals surface area contributed by atoms with Crippen molar-refractivity contribution in [3.8, 4) is 6.07 Å². The first-order chi connectivity index (χ1) is 13.4. The Morgan fingerprint density at radius 1 is 1.00 bits per heavy atom. The van der Waals surface area contributed by atoms with Crippen molar-refractivity contribution in [2.75, 3.05) is 10.6 Å². The Kier molecular flexibility index (Phi) is 5.52. The highest BCUT2D eigenvalue weighted by Gasteiger charge is 2.23. The van der Waals surface area contributed by atoms with Gasteiger partial charge in [-0.3, -0.25) is 9.59 Å². The molecular weight excluding hydrogens is 377 g/mol. The molecule has 0 unspecified atom stereocenters. The number of anilines is 2. The predicted molar refractivity (Wildman–Crippen MR) is 107 cm³/mol. The van der Waals surface area contributed by atoms with Crippen molar-refractivity contribution in [2.45, 2.75) is 13.8 Å². The first-order valence-electron chi connectivity index (χ1n) is 8.38. The molecule has 0 aliphatic carbocycles. The Labute approximate surface area is 165 Å². The standard InChI is InChI=1S/C21H16FN3O2S/c1-12-7-3-6-10-17(12)24-20(27)18-13(2)15(11-23)21(28-18)25-19(26)14-8-4-5-9-16(14)22/h3-10H,1-2H3,(H,24,27)(H,25,26). The van der Waals surface area contributed by atoms with Crippen LogP contribution < -0.4 is 10.6 Å². The number of rotatable bonds is 4. The van der Waals surface area contributed by atoms with E-state index in [0.717, 1.165) is 16.9 Å². The minimum Gasteiger partial charge on any atom is -0.321 e. The van der Waals surface area contributed by atoms with E-state index in [1.807, 2.05) is 31.2 Å². The lowest BCUT2D eigenvalue weighted by Crippen LogP contribution is -2.13. The number of hydrogen-bond acceptors (Lipinski definition) is 4. The number of benzene rings is 2.